The molecule has 0 aliphatic carbocycles. The van der Waals surface area contributed by atoms with Gasteiger partial charge < -0.3 is 4.74 Å². The first-order valence-corrected chi connectivity index (χ1v) is 4.97. The summed E-state index contributed by atoms with van der Waals surface area (Å²) in [6, 6.07) is 7.97. The number of hydrogen-bond donors (Lipinski definition) is 0. The van der Waals surface area contributed by atoms with Gasteiger partial charge in [-0.2, -0.15) is 10.5 Å². The van der Waals surface area contributed by atoms with Crippen molar-refractivity contribution in [3.63, 3.8) is 0 Å². The van der Waals surface area contributed by atoms with Gasteiger partial charge in [0.05, 0.1) is 24.3 Å². The van der Waals surface area contributed by atoms with Crippen LogP contribution >= 0.6 is 0 Å². The summed E-state index contributed by atoms with van der Waals surface area (Å²) in [5.41, 5.74) is 0.273. The van der Waals surface area contributed by atoms with Crippen molar-refractivity contribution in [3.8, 4) is 17.9 Å². The summed E-state index contributed by atoms with van der Waals surface area (Å²) in [5, 5.41) is 16.8. The van der Waals surface area contributed by atoms with Gasteiger partial charge >= 0.3 is 0 Å². The van der Waals surface area contributed by atoms with Crippen LogP contribution in [0.3, 0.4) is 0 Å². The number of nitrogens with zero attached hydrogens (tertiary/aromatic N) is 2. The van der Waals surface area contributed by atoms with Crippen molar-refractivity contribution in [2.75, 3.05) is 6.61 Å². The number of halogens is 1. The van der Waals surface area contributed by atoms with E-state index < -0.39 is 5.82 Å². The fraction of sp³-hybridized carbons (Fsp3) is 0.333. The average Bonchev–Trinajstić information content (AvgIpc) is 2.30. The third-order valence-electron chi connectivity index (χ3n) is 2.00. The second-order valence-electron chi connectivity index (χ2n) is 3.22. The number of unbranched alkanes of at least 4 members (excludes halogenated alkanes) is 2. The minimum Gasteiger partial charge on any atom is -0.491 e. The van der Waals surface area contributed by atoms with E-state index in [0.29, 0.717) is 19.4 Å². The van der Waals surface area contributed by atoms with Crippen molar-refractivity contribution in [3.05, 3.63) is 29.6 Å². The summed E-state index contributed by atoms with van der Waals surface area (Å²) in [6.45, 7) is 0.379. The molecule has 0 aromatic heterocycles. The molecule has 0 atom stereocenters. The van der Waals surface area contributed by atoms with E-state index in [4.69, 9.17) is 15.3 Å². The van der Waals surface area contributed by atoms with Crippen molar-refractivity contribution in [2.24, 2.45) is 0 Å². The summed E-state index contributed by atoms with van der Waals surface area (Å²) < 4.78 is 18.5. The molecule has 0 fully saturated rings. The summed E-state index contributed by atoms with van der Waals surface area (Å²) in [4.78, 5) is 0. The van der Waals surface area contributed by atoms with Crippen LogP contribution in [-0.2, 0) is 0 Å². The fourth-order valence-electron chi connectivity index (χ4n) is 1.18. The van der Waals surface area contributed by atoms with Gasteiger partial charge in [0, 0.05) is 6.42 Å². The van der Waals surface area contributed by atoms with Gasteiger partial charge in [-0.25, -0.2) is 4.39 Å². The summed E-state index contributed by atoms with van der Waals surface area (Å²) in [5.74, 6) is -0.379. The van der Waals surface area contributed by atoms with Crippen LogP contribution in [0.1, 0.15) is 24.8 Å². The lowest BCUT2D eigenvalue weighted by Crippen LogP contribution is -1.99. The molecule has 16 heavy (non-hydrogen) atoms. The van der Waals surface area contributed by atoms with E-state index >= 15 is 0 Å². The normalized spacial score (nSPS) is 9.19. The van der Waals surface area contributed by atoms with Crippen LogP contribution in [0.25, 0.3) is 0 Å². The first kappa shape index (κ1) is 12.0. The maximum Gasteiger partial charge on any atom is 0.166 e. The Kier molecular flexibility index (Phi) is 4.82. The Labute approximate surface area is 93.7 Å². The Morgan fingerprint density at radius 1 is 1.25 bits per heavy atom. The molecule has 1 rings (SSSR count). The van der Waals surface area contributed by atoms with Crippen LogP contribution < -0.4 is 4.74 Å². The molecule has 1 aromatic carbocycles. The Hall–Kier alpha value is -2.07. The Morgan fingerprint density at radius 3 is 2.69 bits per heavy atom. The largest absolute Gasteiger partial charge is 0.491 e. The van der Waals surface area contributed by atoms with Crippen molar-refractivity contribution in [1.29, 1.82) is 10.5 Å². The van der Waals surface area contributed by atoms with Crippen molar-refractivity contribution >= 4 is 0 Å². The van der Waals surface area contributed by atoms with Crippen LogP contribution in [0, 0.1) is 28.5 Å². The molecule has 0 radical (unpaired) electrons. The highest BCUT2D eigenvalue weighted by Gasteiger charge is 2.03. The molecule has 0 N–H and O–H groups in total. The molecule has 1 aromatic rings. The third-order valence-corrected chi connectivity index (χ3v) is 2.00. The quantitative estimate of drug-likeness (QED) is 0.714. The van der Waals surface area contributed by atoms with E-state index in [1.807, 2.05) is 12.1 Å². The zero-order valence-electron chi connectivity index (χ0n) is 8.74. The molecule has 0 aliphatic heterocycles. The van der Waals surface area contributed by atoms with Gasteiger partial charge in [0.1, 0.15) is 0 Å². The number of rotatable bonds is 5. The van der Waals surface area contributed by atoms with Gasteiger partial charge in [-0.3, -0.25) is 0 Å². The second kappa shape index (κ2) is 6.42. The zero-order chi connectivity index (χ0) is 11.8. The van der Waals surface area contributed by atoms with Crippen molar-refractivity contribution in [2.45, 2.75) is 19.3 Å². The van der Waals surface area contributed by atoms with E-state index in [1.54, 1.807) is 0 Å². The fourth-order valence-corrected chi connectivity index (χ4v) is 1.18. The maximum absolute atomic E-state index is 13.3. The van der Waals surface area contributed by atoms with Gasteiger partial charge in [0.2, 0.25) is 0 Å². The molecule has 4 heteroatoms. The van der Waals surface area contributed by atoms with Crippen LogP contribution in [0.4, 0.5) is 4.39 Å². The summed E-state index contributed by atoms with van der Waals surface area (Å²) >= 11 is 0. The average molecular weight is 218 g/mol. The topological polar surface area (TPSA) is 56.8 Å². The molecule has 0 amide bonds. The van der Waals surface area contributed by atoms with E-state index in [-0.39, 0.29) is 11.3 Å². The molecule has 0 bridgehead atoms. The lowest BCUT2D eigenvalue weighted by molar-refractivity contribution is 0.292. The smallest absolute Gasteiger partial charge is 0.166 e. The van der Waals surface area contributed by atoms with Crippen LogP contribution in [0.15, 0.2) is 18.2 Å². The highest BCUT2D eigenvalue weighted by molar-refractivity contribution is 5.35. The highest BCUT2D eigenvalue weighted by atomic mass is 19.1. The first-order valence-electron chi connectivity index (χ1n) is 4.97. The Balaban J connectivity index is 2.43. The predicted octanol–water partition coefficient (Wildman–Crippen LogP) is 2.77. The van der Waals surface area contributed by atoms with Crippen LogP contribution in [0.2, 0.25) is 0 Å². The van der Waals surface area contributed by atoms with Gasteiger partial charge in [0.25, 0.3) is 0 Å². The molecule has 0 aliphatic rings. The Bertz CT molecular complexity index is 432. The van der Waals surface area contributed by atoms with E-state index in [0.717, 1.165) is 12.5 Å². The van der Waals surface area contributed by atoms with Crippen molar-refractivity contribution < 1.29 is 9.13 Å². The van der Waals surface area contributed by atoms with E-state index in [2.05, 4.69) is 0 Å². The highest BCUT2D eigenvalue weighted by Crippen LogP contribution is 2.18. The minimum atomic E-state index is -0.528. The van der Waals surface area contributed by atoms with E-state index in [1.165, 1.54) is 12.1 Å². The molecule has 3 nitrogen and oxygen atoms in total. The van der Waals surface area contributed by atoms with Crippen LogP contribution in [-0.4, -0.2) is 6.61 Å². The first-order chi connectivity index (χ1) is 7.77. The maximum atomic E-state index is 13.3. The second-order valence-corrected chi connectivity index (χ2v) is 3.22. The van der Waals surface area contributed by atoms with Crippen molar-refractivity contribution in [1.82, 2.24) is 0 Å². The minimum absolute atomic E-state index is 0.149. The monoisotopic (exact) mass is 218 g/mol. The lowest BCUT2D eigenvalue weighted by Gasteiger charge is -2.06. The molecular weight excluding hydrogens is 207 g/mol. The molecule has 0 saturated carbocycles. The Morgan fingerprint density at radius 2 is 2.06 bits per heavy atom. The van der Waals surface area contributed by atoms with Gasteiger partial charge in [0.15, 0.2) is 11.6 Å². The van der Waals surface area contributed by atoms with Gasteiger partial charge in [-0.05, 0) is 31.0 Å². The predicted molar refractivity (Wildman–Crippen MR) is 56.1 cm³/mol. The number of hydrogen-bond acceptors (Lipinski definition) is 3. The van der Waals surface area contributed by atoms with Gasteiger partial charge in [-0.15, -0.1) is 0 Å². The number of benzene rings is 1. The molecule has 0 saturated heterocycles. The standard InChI is InChI=1S/C12H11FN2O/c13-11-8-10(9-15)4-5-12(11)16-7-3-1-2-6-14/h4-5,8H,1-3,7H2. The summed E-state index contributed by atoms with van der Waals surface area (Å²) in [7, 11) is 0. The molecule has 0 unspecified atom stereocenters. The van der Waals surface area contributed by atoms with Gasteiger partial charge in [-0.1, -0.05) is 0 Å². The third kappa shape index (κ3) is 3.59. The molecule has 0 spiro atoms. The lowest BCUT2D eigenvalue weighted by atomic mass is 10.2. The SMILES string of the molecule is N#CCCCCOc1ccc(C#N)cc1F. The molecular formula is C12H11FN2O. The van der Waals surface area contributed by atoms with Crippen LogP contribution in [0.5, 0.6) is 5.75 Å². The number of nitriles is 2. The molecule has 0 heterocycles. The number of ether oxygens (including phenoxy) is 1. The molecule has 82 valence electrons. The van der Waals surface area contributed by atoms with E-state index in [9.17, 15) is 4.39 Å². The summed E-state index contributed by atoms with van der Waals surface area (Å²) in [6.07, 6.45) is 1.95. The zero-order valence-corrected chi connectivity index (χ0v) is 8.74.